The molecule has 3 N–H and O–H groups in total. The van der Waals surface area contributed by atoms with Gasteiger partial charge in [-0.25, -0.2) is 13.8 Å². The third kappa shape index (κ3) is 11.2. The first-order valence-corrected chi connectivity index (χ1v) is 17.8. The Morgan fingerprint density at radius 1 is 1.02 bits per heavy atom. The summed E-state index contributed by atoms with van der Waals surface area (Å²) < 4.78 is 41.3. The zero-order valence-corrected chi connectivity index (χ0v) is 29.8. The van der Waals surface area contributed by atoms with Crippen LogP contribution in [-0.4, -0.2) is 53.5 Å². The molecule has 3 unspecified atom stereocenters. The number of unbranched alkanes of at least 4 members (excludes halogenated alkanes) is 2. The molecule has 0 radical (unpaired) electrons. The third-order valence-electron chi connectivity index (χ3n) is 7.83. The normalized spacial score (nSPS) is 12.8. The standard InChI is InChI=1S/C35H45FN3O10P/c1-6-9-10-11-28(30(7-2)39(21-40)48-35(43)27-13-12-24(36)18-29(27)22(4)5)33(41)37-20-38-34(42)32-15-14-31(47-32)23-16-25(46-8-3)19-26(17-23)49-50(44)45/h12-19,21-22,28,30,50H,6-11,20H2,1-5H3,(H,37,41)(H,38,42)(H,44,45). The molecule has 0 aliphatic heterocycles. The molecule has 0 aliphatic rings. The van der Waals surface area contributed by atoms with Crippen LogP contribution in [0.25, 0.3) is 11.3 Å². The lowest BCUT2D eigenvalue weighted by Crippen LogP contribution is -2.49. The number of hydrogen-bond acceptors (Lipinski definition) is 9. The van der Waals surface area contributed by atoms with Crippen LogP contribution in [0, 0.1) is 11.7 Å². The predicted octanol–water partition coefficient (Wildman–Crippen LogP) is 6.38. The molecule has 0 spiro atoms. The van der Waals surface area contributed by atoms with Gasteiger partial charge in [-0.3, -0.25) is 14.4 Å². The highest BCUT2D eigenvalue weighted by molar-refractivity contribution is 7.32. The first-order chi connectivity index (χ1) is 23.9. The quantitative estimate of drug-likeness (QED) is 0.0391. The Hall–Kier alpha value is -4.68. The first-order valence-electron chi connectivity index (χ1n) is 16.5. The Labute approximate surface area is 291 Å². The number of amides is 3. The number of nitrogens with one attached hydrogen (secondary N) is 2. The molecule has 0 aliphatic carbocycles. The van der Waals surface area contributed by atoms with Crippen LogP contribution in [0.4, 0.5) is 4.39 Å². The molecule has 0 fully saturated rings. The maximum absolute atomic E-state index is 13.9. The van der Waals surface area contributed by atoms with Gasteiger partial charge in [0.25, 0.3) is 5.91 Å². The van der Waals surface area contributed by atoms with Gasteiger partial charge in [0.15, 0.2) is 5.76 Å². The molecule has 272 valence electrons. The summed E-state index contributed by atoms with van der Waals surface area (Å²) in [4.78, 5) is 66.5. The summed E-state index contributed by atoms with van der Waals surface area (Å²) in [5, 5.41) is 6.10. The largest absolute Gasteiger partial charge is 0.494 e. The average Bonchev–Trinajstić information content (AvgIpc) is 3.57. The summed E-state index contributed by atoms with van der Waals surface area (Å²) in [6.07, 6.45) is 3.37. The highest BCUT2D eigenvalue weighted by Crippen LogP contribution is 2.34. The Morgan fingerprint density at radius 3 is 2.40 bits per heavy atom. The molecule has 1 heterocycles. The van der Waals surface area contributed by atoms with Gasteiger partial charge in [0.05, 0.1) is 30.8 Å². The summed E-state index contributed by atoms with van der Waals surface area (Å²) >= 11 is 0. The van der Waals surface area contributed by atoms with E-state index in [1.54, 1.807) is 33.8 Å². The number of furan rings is 1. The van der Waals surface area contributed by atoms with E-state index in [0.29, 0.717) is 42.7 Å². The van der Waals surface area contributed by atoms with Crippen molar-refractivity contribution in [3.05, 3.63) is 71.2 Å². The predicted molar refractivity (Wildman–Crippen MR) is 183 cm³/mol. The van der Waals surface area contributed by atoms with E-state index >= 15 is 0 Å². The minimum Gasteiger partial charge on any atom is -0.494 e. The Balaban J connectivity index is 1.71. The van der Waals surface area contributed by atoms with E-state index in [9.17, 15) is 33.0 Å². The van der Waals surface area contributed by atoms with E-state index in [2.05, 4.69) is 10.6 Å². The highest BCUT2D eigenvalue weighted by atomic mass is 31.1. The number of benzene rings is 2. The topological polar surface area (TPSA) is 174 Å². The maximum atomic E-state index is 13.9. The zero-order chi connectivity index (χ0) is 36.8. The summed E-state index contributed by atoms with van der Waals surface area (Å²) in [6.45, 7) is 9.20. The Morgan fingerprint density at radius 2 is 1.76 bits per heavy atom. The third-order valence-corrected chi connectivity index (χ3v) is 8.25. The molecule has 13 nitrogen and oxygen atoms in total. The lowest BCUT2D eigenvalue weighted by Gasteiger charge is -2.32. The molecule has 3 rings (SSSR count). The molecular weight excluding hydrogens is 672 g/mol. The maximum Gasteiger partial charge on any atom is 0.365 e. The van der Waals surface area contributed by atoms with Gasteiger partial charge in [-0.05, 0) is 73.7 Å². The highest BCUT2D eigenvalue weighted by Gasteiger charge is 2.34. The van der Waals surface area contributed by atoms with Gasteiger partial charge in [-0.1, -0.05) is 47.0 Å². The van der Waals surface area contributed by atoms with E-state index in [1.165, 1.54) is 36.4 Å². The molecule has 0 saturated heterocycles. The van der Waals surface area contributed by atoms with Crippen LogP contribution >= 0.6 is 8.25 Å². The van der Waals surface area contributed by atoms with Crippen LogP contribution in [0.3, 0.4) is 0 Å². The van der Waals surface area contributed by atoms with Crippen molar-refractivity contribution in [3.8, 4) is 22.8 Å². The van der Waals surface area contributed by atoms with Crippen molar-refractivity contribution in [2.45, 2.75) is 78.7 Å². The number of rotatable bonds is 20. The average molecular weight is 718 g/mol. The van der Waals surface area contributed by atoms with Crippen molar-refractivity contribution in [1.29, 1.82) is 0 Å². The lowest BCUT2D eigenvalue weighted by atomic mass is 9.90. The van der Waals surface area contributed by atoms with Gasteiger partial charge in [-0.2, -0.15) is 5.06 Å². The van der Waals surface area contributed by atoms with Gasteiger partial charge >= 0.3 is 14.2 Å². The number of ether oxygens (including phenoxy) is 1. The Kier molecular flexibility index (Phi) is 15.5. The molecule has 2 aromatic carbocycles. The smallest absolute Gasteiger partial charge is 0.365 e. The number of hydroxylamine groups is 2. The van der Waals surface area contributed by atoms with E-state index in [-0.39, 0.29) is 41.8 Å². The second kappa shape index (κ2) is 19.5. The van der Waals surface area contributed by atoms with Gasteiger partial charge in [0.2, 0.25) is 12.3 Å². The van der Waals surface area contributed by atoms with Crippen molar-refractivity contribution < 1.29 is 51.5 Å². The summed E-state index contributed by atoms with van der Waals surface area (Å²) in [5.74, 6) is -2.81. The summed E-state index contributed by atoms with van der Waals surface area (Å²) in [6, 6.07) is 10.4. The molecule has 3 amide bonds. The fourth-order valence-electron chi connectivity index (χ4n) is 5.43. The second-order valence-electron chi connectivity index (χ2n) is 11.7. The number of halogens is 1. The zero-order valence-electron chi connectivity index (χ0n) is 28.8. The Bertz CT molecular complexity index is 1650. The molecule has 3 aromatic rings. The van der Waals surface area contributed by atoms with Crippen molar-refractivity contribution in [1.82, 2.24) is 15.7 Å². The lowest BCUT2D eigenvalue weighted by molar-refractivity contribution is -0.171. The van der Waals surface area contributed by atoms with Gasteiger partial charge in [0.1, 0.15) is 23.1 Å². The van der Waals surface area contributed by atoms with Crippen LogP contribution in [0.15, 0.2) is 52.9 Å². The second-order valence-corrected chi connectivity index (χ2v) is 12.4. The van der Waals surface area contributed by atoms with Crippen molar-refractivity contribution >= 4 is 32.4 Å². The molecule has 0 bridgehead atoms. The van der Waals surface area contributed by atoms with Crippen LogP contribution < -0.4 is 19.9 Å². The van der Waals surface area contributed by atoms with Crippen molar-refractivity contribution in [3.63, 3.8) is 0 Å². The molecule has 3 atom stereocenters. The molecular formula is C35H45FN3O10P. The summed E-state index contributed by atoms with van der Waals surface area (Å²) in [7, 11) is -3.28. The van der Waals surface area contributed by atoms with Gasteiger partial charge < -0.3 is 34.0 Å². The summed E-state index contributed by atoms with van der Waals surface area (Å²) in [5.41, 5.74) is 0.961. The van der Waals surface area contributed by atoms with Crippen molar-refractivity contribution in [2.75, 3.05) is 13.3 Å². The number of carbonyl (C=O) groups is 4. The monoisotopic (exact) mass is 717 g/mol. The van der Waals surface area contributed by atoms with E-state index in [0.717, 1.165) is 24.0 Å². The van der Waals surface area contributed by atoms with E-state index in [1.807, 2.05) is 6.92 Å². The minimum absolute atomic E-state index is 0.0687. The fourth-order valence-corrected chi connectivity index (χ4v) is 5.75. The molecule has 50 heavy (non-hydrogen) atoms. The van der Waals surface area contributed by atoms with Crippen LogP contribution in [0.1, 0.15) is 99.1 Å². The van der Waals surface area contributed by atoms with Gasteiger partial charge in [-0.15, -0.1) is 0 Å². The van der Waals surface area contributed by atoms with Gasteiger partial charge in [0, 0.05) is 11.6 Å². The van der Waals surface area contributed by atoms with Crippen LogP contribution in [-0.2, 0) is 19.0 Å². The number of carbonyl (C=O) groups excluding carboxylic acids is 4. The number of hydrogen-bond donors (Lipinski definition) is 3. The van der Waals surface area contributed by atoms with E-state index < -0.39 is 43.8 Å². The van der Waals surface area contributed by atoms with E-state index in [4.69, 9.17) is 18.5 Å². The SMILES string of the molecule is CCCCCC(C(=O)NCNC(=O)c1ccc(-c2cc(OCC)cc(O[PH](=O)O)c2)o1)C(CC)N(C=O)OC(=O)c1ccc(F)cc1C(C)C. The molecule has 0 saturated carbocycles. The minimum atomic E-state index is -3.28. The molecule has 1 aromatic heterocycles. The fraction of sp³-hybridized carbons (Fsp3) is 0.429. The molecule has 15 heteroatoms. The van der Waals surface area contributed by atoms with Crippen molar-refractivity contribution in [2.24, 2.45) is 5.92 Å². The van der Waals surface area contributed by atoms with Crippen LogP contribution in [0.5, 0.6) is 11.5 Å². The first kappa shape index (κ1) is 39.8. The number of nitrogens with zero attached hydrogens (tertiary/aromatic N) is 1. The van der Waals surface area contributed by atoms with Crippen LogP contribution in [0.2, 0.25) is 0 Å².